The number of amides is 1. The first-order valence-electron chi connectivity index (χ1n) is 5.05. The third-order valence-electron chi connectivity index (χ3n) is 2.27. The fraction of sp³-hybridized carbons (Fsp3) is 0.167. The fourth-order valence-corrected chi connectivity index (χ4v) is 1.43. The summed E-state index contributed by atoms with van der Waals surface area (Å²) in [5, 5.41) is 2.72. The van der Waals surface area contributed by atoms with Crippen molar-refractivity contribution in [2.24, 2.45) is 0 Å². The van der Waals surface area contributed by atoms with Gasteiger partial charge in [0, 0.05) is 0 Å². The molecule has 5 heteroatoms. The third kappa shape index (κ3) is 2.44. The van der Waals surface area contributed by atoms with Crippen molar-refractivity contribution in [2.75, 3.05) is 12.4 Å². The molecule has 1 aromatic carbocycles. The van der Waals surface area contributed by atoms with Gasteiger partial charge in [-0.2, -0.15) is 0 Å². The average Bonchev–Trinajstić information content (AvgIpc) is 2.83. The Morgan fingerprint density at radius 1 is 1.47 bits per heavy atom. The van der Waals surface area contributed by atoms with Gasteiger partial charge in [0.25, 0.3) is 5.91 Å². The highest BCUT2D eigenvalue weighted by molar-refractivity contribution is 6.03. The lowest BCUT2D eigenvalue weighted by molar-refractivity contribution is 0.102. The van der Waals surface area contributed by atoms with Crippen molar-refractivity contribution in [1.29, 1.82) is 0 Å². The van der Waals surface area contributed by atoms with E-state index in [1.807, 2.05) is 19.1 Å². The van der Waals surface area contributed by atoms with Gasteiger partial charge >= 0.3 is 0 Å². The maximum atomic E-state index is 11.8. The van der Waals surface area contributed by atoms with E-state index >= 15 is 0 Å². The van der Waals surface area contributed by atoms with Crippen molar-refractivity contribution < 1.29 is 13.9 Å². The Morgan fingerprint density at radius 3 is 2.94 bits per heavy atom. The van der Waals surface area contributed by atoms with Crippen LogP contribution in [0, 0.1) is 6.92 Å². The normalized spacial score (nSPS) is 10.0. The van der Waals surface area contributed by atoms with Gasteiger partial charge in [-0.15, -0.1) is 0 Å². The molecule has 2 rings (SSSR count). The number of rotatable bonds is 3. The molecule has 0 saturated carbocycles. The molecular formula is C12H12N2O3. The summed E-state index contributed by atoms with van der Waals surface area (Å²) in [6.45, 7) is 1.94. The lowest BCUT2D eigenvalue weighted by Crippen LogP contribution is -2.13. The molecule has 5 nitrogen and oxygen atoms in total. The smallest absolute Gasteiger partial charge is 0.277 e. The highest BCUT2D eigenvalue weighted by atomic mass is 16.5. The Kier molecular flexibility index (Phi) is 3.09. The van der Waals surface area contributed by atoms with Crippen LogP contribution in [0.2, 0.25) is 0 Å². The van der Waals surface area contributed by atoms with Crippen molar-refractivity contribution in [2.45, 2.75) is 6.92 Å². The van der Waals surface area contributed by atoms with Gasteiger partial charge in [-0.1, -0.05) is 6.07 Å². The van der Waals surface area contributed by atoms with Crippen molar-refractivity contribution >= 4 is 11.6 Å². The molecule has 1 N–H and O–H groups in total. The Bertz CT molecular complexity index is 521. The molecule has 0 aliphatic carbocycles. The van der Waals surface area contributed by atoms with Crippen molar-refractivity contribution in [1.82, 2.24) is 4.98 Å². The summed E-state index contributed by atoms with van der Waals surface area (Å²) >= 11 is 0. The summed E-state index contributed by atoms with van der Waals surface area (Å²) in [7, 11) is 1.55. The van der Waals surface area contributed by atoms with E-state index in [0.29, 0.717) is 11.4 Å². The summed E-state index contributed by atoms with van der Waals surface area (Å²) in [6, 6.07) is 5.54. The van der Waals surface area contributed by atoms with Crippen molar-refractivity contribution in [3.8, 4) is 5.75 Å². The number of nitrogens with zero attached hydrogens (tertiary/aromatic N) is 1. The van der Waals surface area contributed by atoms with E-state index in [-0.39, 0.29) is 11.6 Å². The number of nitrogens with one attached hydrogen (secondary N) is 1. The predicted molar refractivity (Wildman–Crippen MR) is 62.2 cm³/mol. The first-order chi connectivity index (χ1) is 8.20. The van der Waals surface area contributed by atoms with Crippen LogP contribution in [0.15, 0.2) is 35.3 Å². The summed E-state index contributed by atoms with van der Waals surface area (Å²) in [5.74, 6) is 0.273. The van der Waals surface area contributed by atoms with E-state index in [1.54, 1.807) is 13.2 Å². The standard InChI is InChI=1S/C12H12N2O3/c1-8-3-4-11(16-2)9(5-8)14-12(15)10-6-17-7-13-10/h3-7H,1-2H3,(H,14,15). The number of aryl methyl sites for hydroxylation is 1. The van der Waals surface area contributed by atoms with Crippen LogP contribution in [0.3, 0.4) is 0 Å². The largest absolute Gasteiger partial charge is 0.495 e. The highest BCUT2D eigenvalue weighted by Crippen LogP contribution is 2.25. The molecule has 0 aliphatic heterocycles. The molecule has 0 fully saturated rings. The SMILES string of the molecule is COc1ccc(C)cc1NC(=O)c1cocn1. The summed E-state index contributed by atoms with van der Waals surface area (Å²) < 4.78 is 9.91. The Labute approximate surface area is 98.4 Å². The van der Waals surface area contributed by atoms with Gasteiger partial charge in [0.15, 0.2) is 12.1 Å². The number of benzene rings is 1. The molecule has 1 heterocycles. The van der Waals surface area contributed by atoms with Crippen LogP contribution in [-0.2, 0) is 0 Å². The van der Waals surface area contributed by atoms with E-state index in [9.17, 15) is 4.79 Å². The van der Waals surface area contributed by atoms with Crippen LogP contribution in [0.25, 0.3) is 0 Å². The molecule has 0 unspecified atom stereocenters. The summed E-state index contributed by atoms with van der Waals surface area (Å²) in [6.07, 6.45) is 2.50. The van der Waals surface area contributed by atoms with E-state index < -0.39 is 0 Å². The molecule has 1 aromatic heterocycles. The molecule has 0 radical (unpaired) electrons. The zero-order valence-electron chi connectivity index (χ0n) is 9.56. The molecule has 88 valence electrons. The fourth-order valence-electron chi connectivity index (χ4n) is 1.43. The van der Waals surface area contributed by atoms with Gasteiger partial charge in [-0.3, -0.25) is 4.79 Å². The second-order valence-corrected chi connectivity index (χ2v) is 3.53. The molecule has 0 spiro atoms. The second-order valence-electron chi connectivity index (χ2n) is 3.53. The molecule has 0 atom stereocenters. The Balaban J connectivity index is 2.23. The van der Waals surface area contributed by atoms with Crippen molar-refractivity contribution in [3.05, 3.63) is 42.1 Å². The average molecular weight is 232 g/mol. The van der Waals surface area contributed by atoms with Crippen LogP contribution >= 0.6 is 0 Å². The van der Waals surface area contributed by atoms with Crippen LogP contribution in [0.5, 0.6) is 5.75 Å². The van der Waals surface area contributed by atoms with E-state index in [0.717, 1.165) is 5.56 Å². The highest BCUT2D eigenvalue weighted by Gasteiger charge is 2.11. The minimum absolute atomic E-state index is 0.230. The number of methoxy groups -OCH3 is 1. The molecule has 0 saturated heterocycles. The zero-order chi connectivity index (χ0) is 12.3. The van der Waals surface area contributed by atoms with Crippen molar-refractivity contribution in [3.63, 3.8) is 0 Å². The minimum Gasteiger partial charge on any atom is -0.495 e. The summed E-state index contributed by atoms with van der Waals surface area (Å²) in [4.78, 5) is 15.5. The number of aromatic nitrogens is 1. The quantitative estimate of drug-likeness (QED) is 0.881. The Morgan fingerprint density at radius 2 is 2.29 bits per heavy atom. The van der Waals surface area contributed by atoms with Gasteiger partial charge in [0.2, 0.25) is 0 Å². The predicted octanol–water partition coefficient (Wildman–Crippen LogP) is 2.24. The monoisotopic (exact) mass is 232 g/mol. The number of oxazole rings is 1. The van der Waals surface area contributed by atoms with Gasteiger partial charge in [-0.05, 0) is 24.6 Å². The van der Waals surface area contributed by atoms with Crippen LogP contribution in [0.4, 0.5) is 5.69 Å². The lowest BCUT2D eigenvalue weighted by Gasteiger charge is -2.09. The molecule has 0 bridgehead atoms. The number of carbonyl (C=O) groups excluding carboxylic acids is 1. The first kappa shape index (κ1) is 11.2. The first-order valence-corrected chi connectivity index (χ1v) is 5.05. The van der Waals surface area contributed by atoms with Gasteiger partial charge in [0.05, 0.1) is 12.8 Å². The van der Waals surface area contributed by atoms with Gasteiger partial charge in [0.1, 0.15) is 12.0 Å². The number of ether oxygens (including phenoxy) is 1. The topological polar surface area (TPSA) is 64.4 Å². The van der Waals surface area contributed by atoms with E-state index in [2.05, 4.69) is 10.3 Å². The second kappa shape index (κ2) is 4.69. The molecule has 2 aromatic rings. The number of carbonyl (C=O) groups is 1. The third-order valence-corrected chi connectivity index (χ3v) is 2.27. The van der Waals surface area contributed by atoms with E-state index in [4.69, 9.17) is 9.15 Å². The lowest BCUT2D eigenvalue weighted by atomic mass is 10.2. The summed E-state index contributed by atoms with van der Waals surface area (Å²) in [5.41, 5.74) is 1.87. The number of hydrogen-bond acceptors (Lipinski definition) is 4. The maximum absolute atomic E-state index is 11.8. The Hall–Kier alpha value is -2.30. The van der Waals surface area contributed by atoms with Gasteiger partial charge < -0.3 is 14.5 Å². The number of anilines is 1. The zero-order valence-corrected chi connectivity index (χ0v) is 9.56. The molecular weight excluding hydrogens is 220 g/mol. The maximum Gasteiger partial charge on any atom is 0.277 e. The molecule has 0 aliphatic rings. The van der Waals surface area contributed by atoms with Crippen LogP contribution in [-0.4, -0.2) is 18.0 Å². The van der Waals surface area contributed by atoms with E-state index in [1.165, 1.54) is 12.7 Å². The molecule has 1 amide bonds. The van der Waals surface area contributed by atoms with Gasteiger partial charge in [-0.25, -0.2) is 4.98 Å². The van der Waals surface area contributed by atoms with Crippen LogP contribution < -0.4 is 10.1 Å². The minimum atomic E-state index is -0.331. The van der Waals surface area contributed by atoms with Crippen LogP contribution in [0.1, 0.15) is 16.1 Å². The number of hydrogen-bond donors (Lipinski definition) is 1. The molecule has 17 heavy (non-hydrogen) atoms.